The van der Waals surface area contributed by atoms with Crippen LogP contribution in [0.5, 0.6) is 0 Å². The Balaban J connectivity index is 1.66. The zero-order valence-corrected chi connectivity index (χ0v) is 16.7. The van der Waals surface area contributed by atoms with Crippen LogP contribution in [-0.2, 0) is 14.1 Å². The van der Waals surface area contributed by atoms with E-state index in [4.69, 9.17) is 9.31 Å². The molecule has 8 heteroatoms. The Hall–Kier alpha value is -1.54. The van der Waals surface area contributed by atoms with Crippen LogP contribution in [0.1, 0.15) is 48.0 Å². The van der Waals surface area contributed by atoms with Crippen LogP contribution < -0.4 is 5.32 Å². The van der Waals surface area contributed by atoms with Gasteiger partial charge in [-0.1, -0.05) is 6.08 Å². The monoisotopic (exact) mass is 363 g/mol. The lowest BCUT2D eigenvalue weighted by molar-refractivity contribution is -0.133. The standard InChI is InChI=1S/C18H30BN3O4/c1-16(2)14(23)20-9-12-22(16)15(24)21-10-7-13(8-11-21)19-25-17(3,4)18(5,6)26-19/h7H,8-12H2,1-6H3,(H,20,23). The lowest BCUT2D eigenvalue weighted by Crippen LogP contribution is -2.65. The van der Waals surface area contributed by atoms with E-state index in [0.717, 1.165) is 5.47 Å². The predicted molar refractivity (Wildman–Crippen MR) is 99.5 cm³/mol. The van der Waals surface area contributed by atoms with Gasteiger partial charge in [0.05, 0.1) is 11.2 Å². The summed E-state index contributed by atoms with van der Waals surface area (Å²) in [4.78, 5) is 28.5. The summed E-state index contributed by atoms with van der Waals surface area (Å²) in [6, 6.07) is -0.0888. The topological polar surface area (TPSA) is 71.1 Å². The summed E-state index contributed by atoms with van der Waals surface area (Å²) in [5, 5.41) is 2.82. The summed E-state index contributed by atoms with van der Waals surface area (Å²) in [6.07, 6.45) is 2.74. The van der Waals surface area contributed by atoms with Crippen molar-refractivity contribution < 1.29 is 18.9 Å². The van der Waals surface area contributed by atoms with Crippen molar-refractivity contribution in [1.82, 2.24) is 15.1 Å². The van der Waals surface area contributed by atoms with Crippen molar-refractivity contribution in [1.29, 1.82) is 0 Å². The Bertz CT molecular complexity index is 628. The van der Waals surface area contributed by atoms with Crippen LogP contribution in [-0.4, -0.2) is 71.8 Å². The quantitative estimate of drug-likeness (QED) is 0.718. The number of rotatable bonds is 1. The van der Waals surface area contributed by atoms with Gasteiger partial charge in [-0.15, -0.1) is 0 Å². The van der Waals surface area contributed by atoms with Crippen molar-refractivity contribution in [3.05, 3.63) is 11.5 Å². The number of hydrogen-bond acceptors (Lipinski definition) is 4. The highest BCUT2D eigenvalue weighted by Crippen LogP contribution is 2.39. The van der Waals surface area contributed by atoms with Crippen molar-refractivity contribution in [3.8, 4) is 0 Å². The number of hydrogen-bond donors (Lipinski definition) is 1. The molecule has 0 unspecified atom stereocenters. The first kappa shape index (κ1) is 19.2. The number of carbonyl (C=O) groups is 2. The molecule has 0 aromatic carbocycles. The Morgan fingerprint density at radius 2 is 1.73 bits per heavy atom. The minimum absolute atomic E-state index is 0.0888. The third-order valence-corrected chi connectivity index (χ3v) is 6.15. The second-order valence-electron chi connectivity index (χ2n) is 8.81. The smallest absolute Gasteiger partial charge is 0.400 e. The third-order valence-electron chi connectivity index (χ3n) is 6.15. The van der Waals surface area contributed by atoms with Gasteiger partial charge in [-0.3, -0.25) is 4.79 Å². The maximum absolute atomic E-state index is 12.9. The molecule has 0 bridgehead atoms. The van der Waals surface area contributed by atoms with Crippen LogP contribution in [0.25, 0.3) is 0 Å². The lowest BCUT2D eigenvalue weighted by atomic mass is 9.75. The Labute approximate surface area is 156 Å². The maximum Gasteiger partial charge on any atom is 0.490 e. The summed E-state index contributed by atoms with van der Waals surface area (Å²) >= 11 is 0. The van der Waals surface area contributed by atoms with Gasteiger partial charge in [-0.2, -0.15) is 0 Å². The molecule has 3 aliphatic rings. The van der Waals surface area contributed by atoms with Crippen LogP contribution in [0.15, 0.2) is 11.5 Å². The van der Waals surface area contributed by atoms with Crippen LogP contribution in [0.3, 0.4) is 0 Å². The Morgan fingerprint density at radius 3 is 2.27 bits per heavy atom. The van der Waals surface area contributed by atoms with E-state index in [1.54, 1.807) is 23.6 Å². The van der Waals surface area contributed by atoms with Gasteiger partial charge in [0.15, 0.2) is 0 Å². The molecule has 2 fully saturated rings. The van der Waals surface area contributed by atoms with Gasteiger partial charge in [0, 0.05) is 26.2 Å². The molecule has 144 valence electrons. The zero-order chi connectivity index (χ0) is 19.3. The Morgan fingerprint density at radius 1 is 1.12 bits per heavy atom. The van der Waals surface area contributed by atoms with Gasteiger partial charge < -0.3 is 24.4 Å². The molecular formula is C18H30BN3O4. The molecule has 7 nitrogen and oxygen atoms in total. The second kappa shape index (κ2) is 6.27. The fraction of sp³-hybridized carbons (Fsp3) is 0.778. The average molecular weight is 363 g/mol. The molecule has 0 spiro atoms. The summed E-state index contributed by atoms with van der Waals surface area (Å²) in [6.45, 7) is 13.9. The second-order valence-corrected chi connectivity index (χ2v) is 8.81. The first-order valence-corrected chi connectivity index (χ1v) is 9.35. The van der Waals surface area contributed by atoms with E-state index in [1.165, 1.54) is 0 Å². The number of amides is 3. The minimum Gasteiger partial charge on any atom is -0.400 e. The number of nitrogens with zero attached hydrogens (tertiary/aromatic N) is 2. The summed E-state index contributed by atoms with van der Waals surface area (Å²) in [7, 11) is -0.352. The number of carbonyl (C=O) groups excluding carboxylic acids is 2. The largest absolute Gasteiger partial charge is 0.490 e. The van der Waals surface area contributed by atoms with Crippen molar-refractivity contribution in [2.75, 3.05) is 26.2 Å². The highest BCUT2D eigenvalue weighted by Gasteiger charge is 2.52. The molecule has 1 N–H and O–H groups in total. The number of urea groups is 1. The summed E-state index contributed by atoms with van der Waals surface area (Å²) < 4.78 is 12.2. The van der Waals surface area contributed by atoms with Gasteiger partial charge in [0.1, 0.15) is 5.54 Å². The summed E-state index contributed by atoms with van der Waals surface area (Å²) in [5.41, 5.74) is -0.471. The van der Waals surface area contributed by atoms with E-state index in [2.05, 4.69) is 5.32 Å². The molecule has 0 aromatic rings. The molecule has 2 saturated heterocycles. The van der Waals surface area contributed by atoms with Crippen molar-refractivity contribution in [3.63, 3.8) is 0 Å². The normalized spacial score (nSPS) is 27.2. The molecule has 26 heavy (non-hydrogen) atoms. The fourth-order valence-corrected chi connectivity index (χ4v) is 3.47. The van der Waals surface area contributed by atoms with Crippen LogP contribution in [0.2, 0.25) is 0 Å². The van der Waals surface area contributed by atoms with Crippen molar-refractivity contribution in [2.24, 2.45) is 0 Å². The first-order valence-electron chi connectivity index (χ1n) is 9.35. The average Bonchev–Trinajstić information content (AvgIpc) is 2.77. The predicted octanol–water partition coefficient (Wildman–Crippen LogP) is 1.58. The lowest BCUT2D eigenvalue weighted by Gasteiger charge is -2.43. The molecular weight excluding hydrogens is 333 g/mol. The molecule has 3 rings (SSSR count). The third kappa shape index (κ3) is 3.13. The molecule has 0 atom stereocenters. The highest BCUT2D eigenvalue weighted by molar-refractivity contribution is 6.54. The van der Waals surface area contributed by atoms with Gasteiger partial charge >= 0.3 is 13.1 Å². The van der Waals surface area contributed by atoms with Gasteiger partial charge in [-0.05, 0) is 53.4 Å². The van der Waals surface area contributed by atoms with E-state index in [0.29, 0.717) is 32.6 Å². The van der Waals surface area contributed by atoms with E-state index in [9.17, 15) is 9.59 Å². The van der Waals surface area contributed by atoms with Gasteiger partial charge in [-0.25, -0.2) is 4.79 Å². The molecule has 3 heterocycles. The van der Waals surface area contributed by atoms with Crippen molar-refractivity contribution in [2.45, 2.75) is 64.7 Å². The first-order chi connectivity index (χ1) is 12.0. The van der Waals surface area contributed by atoms with Gasteiger partial charge in [0.25, 0.3) is 0 Å². The van der Waals surface area contributed by atoms with E-state index < -0.39 is 5.54 Å². The van der Waals surface area contributed by atoms with Crippen LogP contribution in [0, 0.1) is 0 Å². The van der Waals surface area contributed by atoms with Gasteiger partial charge in [0.2, 0.25) is 5.91 Å². The molecule has 3 amide bonds. The fourth-order valence-electron chi connectivity index (χ4n) is 3.47. The SMILES string of the molecule is CC1(C)C(=O)NCCN1C(=O)N1CC=C(B2OC(C)(C)C(C)(C)O2)CC1. The minimum atomic E-state index is -0.828. The van der Waals surface area contributed by atoms with E-state index in [1.807, 2.05) is 33.8 Å². The van der Waals surface area contributed by atoms with Crippen molar-refractivity contribution >= 4 is 19.1 Å². The van der Waals surface area contributed by atoms with E-state index >= 15 is 0 Å². The highest BCUT2D eigenvalue weighted by atomic mass is 16.7. The molecule has 0 aromatic heterocycles. The molecule has 0 radical (unpaired) electrons. The van der Waals surface area contributed by atoms with Crippen LogP contribution in [0.4, 0.5) is 4.79 Å². The number of nitrogens with one attached hydrogen (secondary N) is 1. The summed E-state index contributed by atoms with van der Waals surface area (Å²) in [5.74, 6) is -0.109. The molecule has 0 saturated carbocycles. The Kier molecular flexibility index (Phi) is 4.64. The zero-order valence-electron chi connectivity index (χ0n) is 16.7. The number of piperazine rings is 1. The maximum atomic E-state index is 12.9. The molecule has 3 aliphatic heterocycles. The van der Waals surface area contributed by atoms with Crippen LogP contribution >= 0.6 is 0 Å². The molecule has 0 aliphatic carbocycles. The van der Waals surface area contributed by atoms with E-state index in [-0.39, 0.29) is 30.3 Å².